The zero-order valence-corrected chi connectivity index (χ0v) is 24.9. The number of nitrogens with one attached hydrogen (secondary N) is 5. The number of methoxy groups -OCH3 is 1. The lowest BCUT2D eigenvalue weighted by atomic mass is 9.82. The first kappa shape index (κ1) is 29.3. The number of aromatic amines is 1. The number of H-pyrrole nitrogens is 1. The fourth-order valence-electron chi connectivity index (χ4n) is 7.37. The minimum Gasteiger partial charge on any atom is -0.497 e. The summed E-state index contributed by atoms with van der Waals surface area (Å²) >= 11 is 0. The minimum absolute atomic E-state index is 0.104. The SMILES string of the molecule is COc1ccc2[nH]c(C(=O)N[C@H](CC3CCCCC3)C(=O)N[C@H]3C[C@H]4C(=O)NCC4=C(NC4CCCCC4)C3=O)cc2c1. The van der Waals surface area contributed by atoms with Crippen LogP contribution in [0.25, 0.3) is 10.9 Å². The maximum absolute atomic E-state index is 13.9. The van der Waals surface area contributed by atoms with Crippen LogP contribution < -0.4 is 26.0 Å². The van der Waals surface area contributed by atoms with Crippen molar-refractivity contribution in [2.45, 2.75) is 95.2 Å². The minimum atomic E-state index is -0.831. The molecule has 3 aliphatic carbocycles. The smallest absolute Gasteiger partial charge is 0.268 e. The van der Waals surface area contributed by atoms with Gasteiger partial charge in [0.2, 0.25) is 17.6 Å². The number of Topliss-reactive ketones (excluding diaryl/α,β-unsaturated/α-hetero) is 1. The second-order valence-corrected chi connectivity index (χ2v) is 12.7. The van der Waals surface area contributed by atoms with E-state index in [0.29, 0.717) is 36.0 Å². The number of ether oxygens (including phenoxy) is 1. The molecule has 1 saturated heterocycles. The number of rotatable bonds is 9. The maximum Gasteiger partial charge on any atom is 0.268 e. The highest BCUT2D eigenvalue weighted by molar-refractivity contribution is 6.06. The molecule has 5 N–H and O–H groups in total. The predicted octanol–water partition coefficient (Wildman–Crippen LogP) is 3.63. The number of fused-ring (bicyclic) bond motifs is 2. The number of carbonyl (C=O) groups is 4. The Kier molecular flexibility index (Phi) is 8.72. The Morgan fingerprint density at radius 2 is 1.74 bits per heavy atom. The third-order valence-electron chi connectivity index (χ3n) is 9.80. The van der Waals surface area contributed by atoms with Crippen LogP contribution in [-0.2, 0) is 14.4 Å². The van der Waals surface area contributed by atoms with E-state index in [9.17, 15) is 19.2 Å². The average molecular weight is 590 g/mol. The van der Waals surface area contributed by atoms with Gasteiger partial charge in [-0.3, -0.25) is 19.2 Å². The molecule has 0 spiro atoms. The standard InChI is InChI=1S/C33H43N5O5/c1-43-22-12-13-25-20(15-22)16-28(36-25)33(42)38-27(14-19-8-4-2-5-9-19)32(41)37-26-17-23-24(18-34-31(23)40)29(30(26)39)35-21-10-6-3-7-11-21/h12-13,15-16,19,21,23,26-27,35-36H,2-11,14,17-18H2,1H3,(H,34,40)(H,37,41)(H,38,42)/t23-,26+,27-/m1/s1. The Bertz CT molecular complexity index is 1420. The van der Waals surface area contributed by atoms with Gasteiger partial charge in [0.25, 0.3) is 5.91 Å². The predicted molar refractivity (Wildman–Crippen MR) is 162 cm³/mol. The van der Waals surface area contributed by atoms with Gasteiger partial charge in [-0.15, -0.1) is 0 Å². The van der Waals surface area contributed by atoms with Crippen molar-refractivity contribution in [2.24, 2.45) is 11.8 Å². The molecule has 3 fully saturated rings. The highest BCUT2D eigenvalue weighted by Gasteiger charge is 2.44. The fourth-order valence-corrected chi connectivity index (χ4v) is 7.37. The molecule has 230 valence electrons. The van der Waals surface area contributed by atoms with Gasteiger partial charge in [-0.05, 0) is 61.4 Å². The number of hydrogen-bond acceptors (Lipinski definition) is 6. The molecule has 0 radical (unpaired) electrons. The summed E-state index contributed by atoms with van der Waals surface area (Å²) in [5.41, 5.74) is 2.46. The van der Waals surface area contributed by atoms with Crippen LogP contribution in [0.15, 0.2) is 35.5 Å². The Balaban J connectivity index is 1.20. The van der Waals surface area contributed by atoms with Crippen molar-refractivity contribution < 1.29 is 23.9 Å². The molecule has 0 bridgehead atoms. The summed E-state index contributed by atoms with van der Waals surface area (Å²) in [7, 11) is 1.59. The van der Waals surface area contributed by atoms with E-state index in [4.69, 9.17) is 4.74 Å². The molecule has 43 heavy (non-hydrogen) atoms. The quantitative estimate of drug-likeness (QED) is 0.303. The summed E-state index contributed by atoms with van der Waals surface area (Å²) in [5, 5.41) is 13.2. The fraction of sp³-hybridized carbons (Fsp3) is 0.576. The lowest BCUT2D eigenvalue weighted by Crippen LogP contribution is -2.55. The first-order chi connectivity index (χ1) is 20.9. The van der Waals surface area contributed by atoms with E-state index >= 15 is 0 Å². The van der Waals surface area contributed by atoms with Crippen LogP contribution in [0.4, 0.5) is 0 Å². The van der Waals surface area contributed by atoms with Gasteiger partial charge in [0.1, 0.15) is 17.5 Å². The van der Waals surface area contributed by atoms with Crippen molar-refractivity contribution in [2.75, 3.05) is 13.7 Å². The molecular weight excluding hydrogens is 546 g/mol. The zero-order chi connectivity index (χ0) is 29.9. The van der Waals surface area contributed by atoms with E-state index in [0.717, 1.165) is 67.8 Å². The number of hydrogen-bond donors (Lipinski definition) is 5. The summed E-state index contributed by atoms with van der Waals surface area (Å²) in [4.78, 5) is 57.0. The van der Waals surface area contributed by atoms with E-state index in [-0.39, 0.29) is 36.0 Å². The highest BCUT2D eigenvalue weighted by atomic mass is 16.5. The molecule has 10 nitrogen and oxygen atoms in total. The maximum atomic E-state index is 13.9. The first-order valence-corrected chi connectivity index (χ1v) is 16.0. The van der Waals surface area contributed by atoms with Gasteiger partial charge in [-0.1, -0.05) is 51.4 Å². The van der Waals surface area contributed by atoms with Crippen LogP contribution in [0.2, 0.25) is 0 Å². The summed E-state index contributed by atoms with van der Waals surface area (Å²) in [5.74, 6) is -0.470. The van der Waals surface area contributed by atoms with E-state index in [1.165, 1.54) is 12.8 Å². The van der Waals surface area contributed by atoms with E-state index in [1.807, 2.05) is 18.2 Å². The summed E-state index contributed by atoms with van der Waals surface area (Å²) in [6.07, 6.45) is 11.6. The molecule has 10 heteroatoms. The van der Waals surface area contributed by atoms with Crippen molar-refractivity contribution in [1.82, 2.24) is 26.3 Å². The van der Waals surface area contributed by atoms with Gasteiger partial charge >= 0.3 is 0 Å². The molecule has 1 aliphatic heterocycles. The monoisotopic (exact) mass is 589 g/mol. The first-order valence-electron chi connectivity index (χ1n) is 16.0. The van der Waals surface area contributed by atoms with Gasteiger partial charge in [0.15, 0.2) is 0 Å². The molecule has 2 saturated carbocycles. The number of ketones is 1. The molecule has 3 amide bonds. The van der Waals surface area contributed by atoms with Crippen molar-refractivity contribution in [3.05, 3.63) is 41.2 Å². The van der Waals surface area contributed by atoms with Gasteiger partial charge in [-0.2, -0.15) is 0 Å². The molecule has 0 unspecified atom stereocenters. The number of amides is 3. The van der Waals surface area contributed by atoms with Crippen LogP contribution in [0.5, 0.6) is 5.75 Å². The van der Waals surface area contributed by atoms with E-state index in [1.54, 1.807) is 13.2 Å². The average Bonchev–Trinajstić information content (AvgIpc) is 3.62. The summed E-state index contributed by atoms with van der Waals surface area (Å²) < 4.78 is 5.31. The third kappa shape index (κ3) is 6.43. The number of aromatic nitrogens is 1. The normalized spacial score (nSPS) is 23.9. The molecule has 2 aromatic rings. The molecular formula is C33H43N5O5. The van der Waals surface area contributed by atoms with Crippen LogP contribution >= 0.6 is 0 Å². The van der Waals surface area contributed by atoms with Crippen LogP contribution in [0, 0.1) is 11.8 Å². The van der Waals surface area contributed by atoms with Crippen LogP contribution in [0.1, 0.15) is 87.5 Å². The Morgan fingerprint density at radius 3 is 2.49 bits per heavy atom. The van der Waals surface area contributed by atoms with Crippen molar-refractivity contribution in [3.8, 4) is 5.75 Å². The second kappa shape index (κ2) is 12.8. The van der Waals surface area contributed by atoms with Gasteiger partial charge in [0.05, 0.1) is 24.8 Å². The van der Waals surface area contributed by atoms with Crippen molar-refractivity contribution in [3.63, 3.8) is 0 Å². The van der Waals surface area contributed by atoms with Gasteiger partial charge in [0, 0.05) is 23.5 Å². The largest absolute Gasteiger partial charge is 0.497 e. The van der Waals surface area contributed by atoms with Crippen molar-refractivity contribution in [1.29, 1.82) is 0 Å². The lowest BCUT2D eigenvalue weighted by molar-refractivity contribution is -0.129. The Hall–Kier alpha value is -3.82. The van der Waals surface area contributed by atoms with Crippen LogP contribution in [0.3, 0.4) is 0 Å². The molecule has 2 heterocycles. The molecule has 3 atom stereocenters. The second-order valence-electron chi connectivity index (χ2n) is 12.7. The van der Waals surface area contributed by atoms with Gasteiger partial charge < -0.3 is 31.0 Å². The number of benzene rings is 1. The summed E-state index contributed by atoms with van der Waals surface area (Å²) in [6, 6.07) is 5.84. The molecule has 4 aliphatic rings. The Labute approximate surface area is 252 Å². The molecule has 6 rings (SSSR count). The van der Waals surface area contributed by atoms with E-state index < -0.39 is 18.0 Å². The third-order valence-corrected chi connectivity index (χ3v) is 9.80. The number of carbonyl (C=O) groups excluding carboxylic acids is 4. The molecule has 1 aromatic heterocycles. The van der Waals surface area contributed by atoms with Crippen LogP contribution in [-0.4, -0.2) is 60.3 Å². The molecule has 1 aromatic carbocycles. The highest BCUT2D eigenvalue weighted by Crippen LogP contribution is 2.33. The van der Waals surface area contributed by atoms with Gasteiger partial charge in [-0.25, -0.2) is 0 Å². The lowest BCUT2D eigenvalue weighted by Gasteiger charge is -2.33. The Morgan fingerprint density at radius 1 is 1.00 bits per heavy atom. The summed E-state index contributed by atoms with van der Waals surface area (Å²) in [6.45, 7) is 0.363. The van der Waals surface area contributed by atoms with Crippen molar-refractivity contribution >= 4 is 34.4 Å². The van der Waals surface area contributed by atoms with E-state index in [2.05, 4.69) is 26.3 Å². The zero-order valence-electron chi connectivity index (χ0n) is 24.9. The topological polar surface area (TPSA) is 141 Å².